The Balaban J connectivity index is 0.00000220. The summed E-state index contributed by atoms with van der Waals surface area (Å²) >= 11 is 0. The molecule has 122 valence electrons. The molecular weight excluding hydrogens is 292 g/mol. The number of esters is 1. The van der Waals surface area contributed by atoms with Crippen molar-refractivity contribution in [2.75, 3.05) is 13.7 Å². The number of carbonyl (C=O) groups is 2. The number of ether oxygens (including phenoxy) is 1. The molecule has 1 saturated carbocycles. The molecule has 3 unspecified atom stereocenters. The summed E-state index contributed by atoms with van der Waals surface area (Å²) in [5.74, 6) is 0.0601. The summed E-state index contributed by atoms with van der Waals surface area (Å²) in [5.41, 5.74) is 6.12. The molecule has 1 aliphatic heterocycles. The largest absolute Gasteiger partial charge is 0.467 e. The molecule has 2 rings (SSSR count). The van der Waals surface area contributed by atoms with Crippen molar-refractivity contribution in [3.63, 3.8) is 0 Å². The molecule has 1 heterocycles. The average molecular weight is 319 g/mol. The van der Waals surface area contributed by atoms with Gasteiger partial charge in [-0.2, -0.15) is 0 Å². The Hall–Kier alpha value is -0.810. The van der Waals surface area contributed by atoms with Crippen LogP contribution in [0.25, 0.3) is 0 Å². The molecule has 1 saturated heterocycles. The maximum atomic E-state index is 12.5. The van der Waals surface area contributed by atoms with Crippen molar-refractivity contribution >= 4 is 24.3 Å². The van der Waals surface area contributed by atoms with Crippen molar-refractivity contribution in [2.24, 2.45) is 11.7 Å². The lowest BCUT2D eigenvalue weighted by molar-refractivity contribution is -0.155. The normalized spacial score (nSPS) is 29.4. The van der Waals surface area contributed by atoms with Gasteiger partial charge in [-0.15, -0.1) is 12.4 Å². The van der Waals surface area contributed by atoms with Crippen LogP contribution in [-0.4, -0.2) is 42.5 Å². The summed E-state index contributed by atoms with van der Waals surface area (Å²) in [7, 11) is 1.39. The number of halogens is 1. The van der Waals surface area contributed by atoms with Gasteiger partial charge in [0.05, 0.1) is 7.11 Å². The van der Waals surface area contributed by atoms with Crippen molar-refractivity contribution in [1.29, 1.82) is 0 Å². The molecule has 0 aromatic carbocycles. The molecule has 0 spiro atoms. The van der Waals surface area contributed by atoms with E-state index in [1.165, 1.54) is 13.5 Å². The van der Waals surface area contributed by atoms with Crippen molar-refractivity contribution < 1.29 is 14.3 Å². The third-order valence-corrected chi connectivity index (χ3v) is 4.70. The molecule has 21 heavy (non-hydrogen) atoms. The second kappa shape index (κ2) is 8.59. The van der Waals surface area contributed by atoms with Gasteiger partial charge in [-0.3, -0.25) is 4.79 Å². The zero-order valence-electron chi connectivity index (χ0n) is 12.8. The Kier molecular flexibility index (Phi) is 7.46. The zero-order valence-corrected chi connectivity index (χ0v) is 13.6. The van der Waals surface area contributed by atoms with Gasteiger partial charge in [-0.05, 0) is 38.0 Å². The van der Waals surface area contributed by atoms with Gasteiger partial charge in [0.15, 0.2) is 0 Å². The summed E-state index contributed by atoms with van der Waals surface area (Å²) < 4.78 is 4.82. The second-order valence-corrected chi connectivity index (χ2v) is 6.03. The number of carbonyl (C=O) groups excluding carboxylic acids is 2. The molecule has 1 amide bonds. The Morgan fingerprint density at radius 1 is 1.14 bits per heavy atom. The first-order valence-corrected chi connectivity index (χ1v) is 7.76. The third kappa shape index (κ3) is 4.58. The van der Waals surface area contributed by atoms with E-state index in [0.717, 1.165) is 38.5 Å². The van der Waals surface area contributed by atoms with E-state index in [-0.39, 0.29) is 42.3 Å². The van der Waals surface area contributed by atoms with Gasteiger partial charge in [0.2, 0.25) is 5.91 Å². The van der Waals surface area contributed by atoms with E-state index in [1.54, 1.807) is 4.90 Å². The standard InChI is InChI=1S/C15H26N2O3.ClH/c1-20-15(19)13-8-4-5-9-17(13)14(18)10-11-6-2-3-7-12(11)16;/h11-13H,2-10,16H2,1H3;1H. The van der Waals surface area contributed by atoms with Crippen LogP contribution in [0.3, 0.4) is 0 Å². The van der Waals surface area contributed by atoms with E-state index in [1.807, 2.05) is 0 Å². The van der Waals surface area contributed by atoms with Crippen molar-refractivity contribution in [1.82, 2.24) is 4.90 Å². The van der Waals surface area contributed by atoms with Crippen molar-refractivity contribution in [3.8, 4) is 0 Å². The van der Waals surface area contributed by atoms with Gasteiger partial charge in [-0.1, -0.05) is 12.8 Å². The van der Waals surface area contributed by atoms with Crippen LogP contribution in [0.1, 0.15) is 51.4 Å². The lowest BCUT2D eigenvalue weighted by Crippen LogP contribution is -2.49. The molecule has 0 radical (unpaired) electrons. The number of amides is 1. The van der Waals surface area contributed by atoms with Crippen LogP contribution in [-0.2, 0) is 14.3 Å². The molecule has 3 atom stereocenters. The van der Waals surface area contributed by atoms with E-state index >= 15 is 0 Å². The molecule has 0 aromatic rings. The minimum absolute atomic E-state index is 0. The fourth-order valence-corrected chi connectivity index (χ4v) is 3.44. The predicted octanol–water partition coefficient (Wildman–Crippen LogP) is 1.87. The lowest BCUT2D eigenvalue weighted by Gasteiger charge is -2.36. The van der Waals surface area contributed by atoms with E-state index in [9.17, 15) is 9.59 Å². The van der Waals surface area contributed by atoms with Crippen LogP contribution < -0.4 is 5.73 Å². The molecule has 2 fully saturated rings. The Labute approximate surface area is 133 Å². The Morgan fingerprint density at radius 3 is 2.48 bits per heavy atom. The fourth-order valence-electron chi connectivity index (χ4n) is 3.44. The number of likely N-dealkylation sites (tertiary alicyclic amines) is 1. The molecule has 0 aromatic heterocycles. The molecule has 6 heteroatoms. The van der Waals surface area contributed by atoms with Gasteiger partial charge in [-0.25, -0.2) is 4.79 Å². The highest BCUT2D eigenvalue weighted by atomic mass is 35.5. The highest BCUT2D eigenvalue weighted by molar-refractivity contribution is 5.85. The fraction of sp³-hybridized carbons (Fsp3) is 0.867. The van der Waals surface area contributed by atoms with Gasteiger partial charge >= 0.3 is 5.97 Å². The first-order chi connectivity index (χ1) is 9.63. The number of nitrogens with two attached hydrogens (primary N) is 1. The number of nitrogens with zero attached hydrogens (tertiary/aromatic N) is 1. The number of methoxy groups -OCH3 is 1. The summed E-state index contributed by atoms with van der Waals surface area (Å²) in [6.07, 6.45) is 7.51. The van der Waals surface area contributed by atoms with Crippen LogP contribution in [0, 0.1) is 5.92 Å². The second-order valence-electron chi connectivity index (χ2n) is 6.03. The highest BCUT2D eigenvalue weighted by Gasteiger charge is 2.34. The van der Waals surface area contributed by atoms with E-state index in [2.05, 4.69) is 0 Å². The number of rotatable bonds is 3. The molecule has 5 nitrogen and oxygen atoms in total. The Bertz CT molecular complexity index is 365. The van der Waals surface area contributed by atoms with Crippen molar-refractivity contribution in [3.05, 3.63) is 0 Å². The monoisotopic (exact) mass is 318 g/mol. The van der Waals surface area contributed by atoms with Gasteiger partial charge < -0.3 is 15.4 Å². The van der Waals surface area contributed by atoms with Gasteiger partial charge in [0, 0.05) is 19.0 Å². The van der Waals surface area contributed by atoms with Crippen LogP contribution in [0.4, 0.5) is 0 Å². The van der Waals surface area contributed by atoms with Crippen LogP contribution in [0.5, 0.6) is 0 Å². The summed E-state index contributed by atoms with van der Waals surface area (Å²) in [5, 5.41) is 0. The topological polar surface area (TPSA) is 72.6 Å². The first-order valence-electron chi connectivity index (χ1n) is 7.76. The van der Waals surface area contributed by atoms with Crippen LogP contribution >= 0.6 is 12.4 Å². The van der Waals surface area contributed by atoms with Crippen LogP contribution in [0.15, 0.2) is 0 Å². The number of hydrogen-bond acceptors (Lipinski definition) is 4. The summed E-state index contributed by atoms with van der Waals surface area (Å²) in [6.45, 7) is 0.667. The predicted molar refractivity (Wildman–Crippen MR) is 83.2 cm³/mol. The minimum atomic E-state index is -0.388. The van der Waals surface area contributed by atoms with Gasteiger partial charge in [0.25, 0.3) is 0 Å². The molecule has 1 aliphatic carbocycles. The number of hydrogen-bond donors (Lipinski definition) is 1. The number of piperidine rings is 1. The van der Waals surface area contributed by atoms with E-state index < -0.39 is 0 Å². The Morgan fingerprint density at radius 2 is 1.81 bits per heavy atom. The first kappa shape index (κ1) is 18.2. The van der Waals surface area contributed by atoms with Crippen molar-refractivity contribution in [2.45, 2.75) is 63.5 Å². The minimum Gasteiger partial charge on any atom is -0.467 e. The lowest BCUT2D eigenvalue weighted by atomic mass is 9.82. The maximum absolute atomic E-state index is 12.5. The smallest absolute Gasteiger partial charge is 0.328 e. The quantitative estimate of drug-likeness (QED) is 0.806. The summed E-state index contributed by atoms with van der Waals surface area (Å²) in [4.78, 5) is 26.0. The summed E-state index contributed by atoms with van der Waals surface area (Å²) in [6, 6.07) is -0.255. The molecule has 0 bridgehead atoms. The molecule has 2 N–H and O–H groups in total. The third-order valence-electron chi connectivity index (χ3n) is 4.70. The van der Waals surface area contributed by atoms with Crippen LogP contribution in [0.2, 0.25) is 0 Å². The highest BCUT2D eigenvalue weighted by Crippen LogP contribution is 2.28. The maximum Gasteiger partial charge on any atom is 0.328 e. The molecular formula is C15H27ClN2O3. The zero-order chi connectivity index (χ0) is 14.5. The van der Waals surface area contributed by atoms with Gasteiger partial charge in [0.1, 0.15) is 6.04 Å². The molecule has 2 aliphatic rings. The van der Waals surface area contributed by atoms with E-state index in [4.69, 9.17) is 10.5 Å². The average Bonchev–Trinajstić information content (AvgIpc) is 2.48. The van der Waals surface area contributed by atoms with E-state index in [0.29, 0.717) is 13.0 Å². The SMILES string of the molecule is COC(=O)C1CCCCN1C(=O)CC1CCCCC1N.Cl.